The van der Waals surface area contributed by atoms with E-state index in [9.17, 15) is 4.79 Å². The third-order valence-corrected chi connectivity index (χ3v) is 2.03. The Bertz CT molecular complexity index is 318. The highest BCUT2D eigenvalue weighted by Crippen LogP contribution is 2.06. The van der Waals surface area contributed by atoms with Gasteiger partial charge in [-0.25, -0.2) is 0 Å². The summed E-state index contributed by atoms with van der Waals surface area (Å²) in [5, 5.41) is 0. The van der Waals surface area contributed by atoms with E-state index in [0.717, 1.165) is 5.56 Å². The molecule has 0 saturated heterocycles. The van der Waals surface area contributed by atoms with Gasteiger partial charge in [0, 0.05) is 18.9 Å². The summed E-state index contributed by atoms with van der Waals surface area (Å²) in [6.07, 6.45) is 0.969. The maximum Gasteiger partial charge on any atom is 0.138 e. The Balaban J connectivity index is 2.56. The van der Waals surface area contributed by atoms with Gasteiger partial charge in [0.15, 0.2) is 0 Å². The Morgan fingerprint density at radius 2 is 2.21 bits per heavy atom. The van der Waals surface area contributed by atoms with Crippen LogP contribution < -0.4 is 5.73 Å². The van der Waals surface area contributed by atoms with Crippen LogP contribution in [0.4, 0.5) is 0 Å². The number of aryl methyl sites for hydroxylation is 1. The molecular weight excluding hydrogens is 174 g/mol. The van der Waals surface area contributed by atoms with Crippen molar-refractivity contribution in [1.29, 1.82) is 0 Å². The van der Waals surface area contributed by atoms with E-state index in [4.69, 9.17) is 5.73 Å². The Kier molecular flexibility index (Phi) is 3.84. The van der Waals surface area contributed by atoms with E-state index in [0.29, 0.717) is 12.8 Å². The van der Waals surface area contributed by atoms with E-state index in [2.05, 4.69) is 0 Å². The zero-order valence-corrected chi connectivity index (χ0v) is 8.79. The second-order valence-electron chi connectivity index (χ2n) is 3.89. The highest BCUT2D eigenvalue weighted by Gasteiger charge is 2.06. The molecule has 0 aliphatic carbocycles. The summed E-state index contributed by atoms with van der Waals surface area (Å²) < 4.78 is 0. The molecule has 0 bridgehead atoms. The number of ketones is 1. The van der Waals surface area contributed by atoms with Crippen molar-refractivity contribution in [2.45, 2.75) is 32.7 Å². The third kappa shape index (κ3) is 3.71. The van der Waals surface area contributed by atoms with Crippen molar-refractivity contribution in [3.63, 3.8) is 0 Å². The van der Waals surface area contributed by atoms with Gasteiger partial charge in [-0.3, -0.25) is 4.79 Å². The summed E-state index contributed by atoms with van der Waals surface area (Å²) in [6, 6.07) is 7.99. The highest BCUT2D eigenvalue weighted by molar-refractivity contribution is 5.81. The predicted octanol–water partition coefficient (Wildman–Crippen LogP) is 1.84. The molecular formula is C12H17NO. The molecule has 1 aromatic rings. The second-order valence-corrected chi connectivity index (χ2v) is 3.89. The fourth-order valence-corrected chi connectivity index (χ4v) is 1.48. The van der Waals surface area contributed by atoms with Gasteiger partial charge in [0.05, 0.1) is 0 Å². The van der Waals surface area contributed by atoms with Crippen LogP contribution in [0.3, 0.4) is 0 Å². The van der Waals surface area contributed by atoms with Gasteiger partial charge in [-0.15, -0.1) is 0 Å². The molecule has 76 valence electrons. The van der Waals surface area contributed by atoms with Crippen LogP contribution in [-0.2, 0) is 11.2 Å². The van der Waals surface area contributed by atoms with Crippen LogP contribution in [0.25, 0.3) is 0 Å². The Labute approximate surface area is 85.1 Å². The molecule has 0 aromatic heterocycles. The van der Waals surface area contributed by atoms with Gasteiger partial charge < -0.3 is 5.73 Å². The van der Waals surface area contributed by atoms with Gasteiger partial charge in [0.1, 0.15) is 5.78 Å². The van der Waals surface area contributed by atoms with Crippen LogP contribution >= 0.6 is 0 Å². The zero-order chi connectivity index (χ0) is 10.6. The molecule has 2 N–H and O–H groups in total. The van der Waals surface area contributed by atoms with Crippen molar-refractivity contribution in [3.05, 3.63) is 35.4 Å². The summed E-state index contributed by atoms with van der Waals surface area (Å²) in [4.78, 5) is 11.5. The molecule has 0 radical (unpaired) electrons. The smallest absolute Gasteiger partial charge is 0.138 e. The van der Waals surface area contributed by atoms with Gasteiger partial charge in [-0.1, -0.05) is 29.8 Å². The maximum atomic E-state index is 11.5. The number of benzene rings is 1. The lowest BCUT2D eigenvalue weighted by molar-refractivity contribution is -0.118. The minimum Gasteiger partial charge on any atom is -0.328 e. The molecule has 0 aliphatic heterocycles. The van der Waals surface area contributed by atoms with Crippen LogP contribution in [0.15, 0.2) is 24.3 Å². The maximum absolute atomic E-state index is 11.5. The summed E-state index contributed by atoms with van der Waals surface area (Å²) in [5.41, 5.74) is 7.83. The van der Waals surface area contributed by atoms with Crippen molar-refractivity contribution < 1.29 is 4.79 Å². The standard InChI is InChI=1S/C12H17NO/c1-9-4-3-5-11(6-9)8-12(14)7-10(2)13/h3-6,10H,7-8,13H2,1-2H3. The molecule has 1 atom stereocenters. The molecule has 1 rings (SSSR count). The van der Waals surface area contributed by atoms with Crippen LogP contribution in [-0.4, -0.2) is 11.8 Å². The lowest BCUT2D eigenvalue weighted by Gasteiger charge is -2.04. The van der Waals surface area contributed by atoms with Gasteiger partial charge in [-0.05, 0) is 19.4 Å². The first-order valence-corrected chi connectivity index (χ1v) is 4.91. The van der Waals surface area contributed by atoms with E-state index < -0.39 is 0 Å². The summed E-state index contributed by atoms with van der Waals surface area (Å²) in [5.74, 6) is 0.214. The molecule has 1 aromatic carbocycles. The molecule has 0 saturated carbocycles. The molecule has 0 aliphatic rings. The van der Waals surface area contributed by atoms with Crippen LogP contribution in [0.1, 0.15) is 24.5 Å². The molecule has 2 nitrogen and oxygen atoms in total. The van der Waals surface area contributed by atoms with Gasteiger partial charge >= 0.3 is 0 Å². The van der Waals surface area contributed by atoms with Crippen LogP contribution in [0.2, 0.25) is 0 Å². The minimum absolute atomic E-state index is 0.0349. The van der Waals surface area contributed by atoms with Gasteiger partial charge in [-0.2, -0.15) is 0 Å². The molecule has 14 heavy (non-hydrogen) atoms. The molecule has 1 unspecified atom stereocenters. The first-order chi connectivity index (χ1) is 6.58. The summed E-state index contributed by atoms with van der Waals surface area (Å²) in [6.45, 7) is 3.88. The number of nitrogens with two attached hydrogens (primary N) is 1. The third-order valence-electron chi connectivity index (χ3n) is 2.03. The average Bonchev–Trinajstić information content (AvgIpc) is 2.01. The minimum atomic E-state index is -0.0349. The van der Waals surface area contributed by atoms with Gasteiger partial charge in [0.25, 0.3) is 0 Å². The number of carbonyl (C=O) groups is 1. The topological polar surface area (TPSA) is 43.1 Å². The first kappa shape index (κ1) is 10.9. The Morgan fingerprint density at radius 3 is 2.79 bits per heavy atom. The zero-order valence-electron chi connectivity index (χ0n) is 8.79. The summed E-state index contributed by atoms with van der Waals surface area (Å²) in [7, 11) is 0. The fourth-order valence-electron chi connectivity index (χ4n) is 1.48. The van der Waals surface area contributed by atoms with Crippen molar-refractivity contribution in [3.8, 4) is 0 Å². The normalized spacial score (nSPS) is 12.5. The monoisotopic (exact) mass is 191 g/mol. The van der Waals surface area contributed by atoms with Crippen LogP contribution in [0.5, 0.6) is 0 Å². The van der Waals surface area contributed by atoms with E-state index in [1.807, 2.05) is 38.1 Å². The number of hydrogen-bond donors (Lipinski definition) is 1. The summed E-state index contributed by atoms with van der Waals surface area (Å²) >= 11 is 0. The predicted molar refractivity (Wildman–Crippen MR) is 58.2 cm³/mol. The second kappa shape index (κ2) is 4.91. The quantitative estimate of drug-likeness (QED) is 0.789. The Morgan fingerprint density at radius 1 is 1.50 bits per heavy atom. The van der Waals surface area contributed by atoms with Crippen molar-refractivity contribution in [2.24, 2.45) is 5.73 Å². The van der Waals surface area contributed by atoms with Crippen LogP contribution in [0, 0.1) is 6.92 Å². The first-order valence-electron chi connectivity index (χ1n) is 4.91. The van der Waals surface area contributed by atoms with Gasteiger partial charge in [0.2, 0.25) is 0 Å². The van der Waals surface area contributed by atoms with Crippen molar-refractivity contribution in [1.82, 2.24) is 0 Å². The van der Waals surface area contributed by atoms with E-state index in [1.165, 1.54) is 5.56 Å². The molecule has 0 amide bonds. The number of rotatable bonds is 4. The van der Waals surface area contributed by atoms with Crippen molar-refractivity contribution in [2.75, 3.05) is 0 Å². The number of Topliss-reactive ketones (excluding diaryl/α,β-unsaturated/α-hetero) is 1. The molecule has 0 heterocycles. The molecule has 2 heteroatoms. The fraction of sp³-hybridized carbons (Fsp3) is 0.417. The number of carbonyl (C=O) groups excluding carboxylic acids is 1. The highest BCUT2D eigenvalue weighted by atomic mass is 16.1. The lowest BCUT2D eigenvalue weighted by Crippen LogP contribution is -2.20. The Hall–Kier alpha value is -1.15. The van der Waals surface area contributed by atoms with Crippen molar-refractivity contribution >= 4 is 5.78 Å². The average molecular weight is 191 g/mol. The van der Waals surface area contributed by atoms with E-state index >= 15 is 0 Å². The number of hydrogen-bond acceptors (Lipinski definition) is 2. The SMILES string of the molecule is Cc1cccc(CC(=O)CC(C)N)c1. The molecule has 0 fully saturated rings. The largest absolute Gasteiger partial charge is 0.328 e. The van der Waals surface area contributed by atoms with E-state index in [-0.39, 0.29) is 11.8 Å². The van der Waals surface area contributed by atoms with E-state index in [1.54, 1.807) is 0 Å². The lowest BCUT2D eigenvalue weighted by atomic mass is 10.0. The molecule has 0 spiro atoms.